The summed E-state index contributed by atoms with van der Waals surface area (Å²) in [7, 11) is -3.72. The lowest BCUT2D eigenvalue weighted by atomic mass is 10.1. The van der Waals surface area contributed by atoms with Crippen molar-refractivity contribution >= 4 is 9.84 Å². The molecule has 4 rings (SSSR count). The van der Waals surface area contributed by atoms with Gasteiger partial charge >= 0.3 is 0 Å². The second kappa shape index (κ2) is 10.1. The van der Waals surface area contributed by atoms with E-state index in [0.29, 0.717) is 25.2 Å². The van der Waals surface area contributed by atoms with E-state index in [9.17, 15) is 8.42 Å². The molecule has 7 heteroatoms. The van der Waals surface area contributed by atoms with Gasteiger partial charge in [-0.15, -0.1) is 10.2 Å². The Kier molecular flexibility index (Phi) is 7.01. The fraction of sp³-hybridized carbons (Fsp3) is 0.231. The molecule has 0 aliphatic rings. The molecule has 1 atom stereocenters. The molecular formula is C26H28N4O2S. The van der Waals surface area contributed by atoms with E-state index in [2.05, 4.69) is 10.2 Å². The van der Waals surface area contributed by atoms with Crippen molar-refractivity contribution < 1.29 is 8.42 Å². The topological polar surface area (TPSA) is 90.9 Å². The molecule has 0 spiro atoms. The van der Waals surface area contributed by atoms with Crippen molar-refractivity contribution in [2.24, 2.45) is 5.73 Å². The number of benzene rings is 3. The van der Waals surface area contributed by atoms with Crippen LogP contribution >= 0.6 is 0 Å². The maximum absolute atomic E-state index is 13.4. The van der Waals surface area contributed by atoms with E-state index in [1.165, 1.54) is 0 Å². The van der Waals surface area contributed by atoms with Crippen molar-refractivity contribution in [3.8, 4) is 0 Å². The van der Waals surface area contributed by atoms with E-state index in [4.69, 9.17) is 5.73 Å². The number of aromatic nitrogens is 3. The van der Waals surface area contributed by atoms with Crippen LogP contribution in [-0.4, -0.2) is 23.2 Å². The lowest BCUT2D eigenvalue weighted by molar-refractivity contribution is 0.530. The summed E-state index contributed by atoms with van der Waals surface area (Å²) < 4.78 is 28.4. The highest BCUT2D eigenvalue weighted by atomic mass is 32.2. The van der Waals surface area contributed by atoms with Gasteiger partial charge in [0.05, 0.1) is 11.8 Å². The number of rotatable bonds is 9. The van der Waals surface area contributed by atoms with Crippen LogP contribution in [0.3, 0.4) is 0 Å². The molecule has 6 nitrogen and oxygen atoms in total. The molecule has 4 aromatic rings. The second-order valence-corrected chi connectivity index (χ2v) is 10.2. The minimum absolute atomic E-state index is 0.0292. The summed E-state index contributed by atoms with van der Waals surface area (Å²) in [5.41, 5.74) is 10.4. The third-order valence-electron chi connectivity index (χ3n) is 5.56. The van der Waals surface area contributed by atoms with Gasteiger partial charge in [0.25, 0.3) is 0 Å². The van der Waals surface area contributed by atoms with Crippen molar-refractivity contribution in [1.82, 2.24) is 14.8 Å². The zero-order chi connectivity index (χ0) is 23.3. The number of nitrogens with two attached hydrogens (primary N) is 1. The van der Waals surface area contributed by atoms with Gasteiger partial charge in [-0.3, -0.25) is 0 Å². The molecule has 170 valence electrons. The van der Waals surface area contributed by atoms with Crippen LogP contribution in [0.5, 0.6) is 0 Å². The maximum Gasteiger partial charge on any atom is 0.250 e. The Morgan fingerprint density at radius 2 is 1.48 bits per heavy atom. The first-order valence-corrected chi connectivity index (χ1v) is 12.6. The van der Waals surface area contributed by atoms with Crippen LogP contribution in [0.2, 0.25) is 0 Å². The molecule has 0 unspecified atom stereocenters. The van der Waals surface area contributed by atoms with E-state index < -0.39 is 15.9 Å². The Bertz CT molecular complexity index is 1300. The summed E-state index contributed by atoms with van der Waals surface area (Å²) in [6, 6.07) is 26.8. The molecule has 0 radical (unpaired) electrons. The maximum atomic E-state index is 13.4. The predicted molar refractivity (Wildman–Crippen MR) is 129 cm³/mol. The highest BCUT2D eigenvalue weighted by Gasteiger charge is 2.27. The average molecular weight is 461 g/mol. The largest absolute Gasteiger partial charge is 0.321 e. The first-order valence-electron chi connectivity index (χ1n) is 11.0. The second-order valence-electron chi connectivity index (χ2n) is 8.27. The summed E-state index contributed by atoms with van der Waals surface area (Å²) in [6.07, 6.45) is 1.19. The summed E-state index contributed by atoms with van der Waals surface area (Å²) in [6.45, 7) is 2.37. The van der Waals surface area contributed by atoms with Crippen LogP contribution in [0.25, 0.3) is 0 Å². The summed E-state index contributed by atoms with van der Waals surface area (Å²) in [5, 5.41) is 8.36. The zero-order valence-corrected chi connectivity index (χ0v) is 19.4. The van der Waals surface area contributed by atoms with E-state index in [-0.39, 0.29) is 10.9 Å². The van der Waals surface area contributed by atoms with Crippen LogP contribution in [-0.2, 0) is 35.0 Å². The fourth-order valence-electron chi connectivity index (χ4n) is 3.95. The summed E-state index contributed by atoms with van der Waals surface area (Å²) in [4.78, 5) is 0. The third-order valence-corrected chi connectivity index (χ3v) is 7.13. The molecule has 0 saturated carbocycles. The van der Waals surface area contributed by atoms with Crippen molar-refractivity contribution in [3.63, 3.8) is 0 Å². The Morgan fingerprint density at radius 1 is 0.848 bits per heavy atom. The lowest BCUT2D eigenvalue weighted by Crippen LogP contribution is -2.22. The summed E-state index contributed by atoms with van der Waals surface area (Å²) in [5.74, 6) is 0.351. The van der Waals surface area contributed by atoms with Gasteiger partial charge in [-0.1, -0.05) is 90.5 Å². The van der Waals surface area contributed by atoms with Crippen molar-refractivity contribution in [2.75, 3.05) is 0 Å². The first kappa shape index (κ1) is 22.9. The standard InChI is InChI=1S/C26H28N4O2S/c1-20-9-8-14-23(17-20)19-33(31,32)26-29-28-25(24(27)18-22-12-6-3-7-13-22)30(26)16-15-21-10-4-2-5-11-21/h2-14,17,24H,15-16,18-19,27H2,1H3/t24-/m0/s1. The van der Waals surface area contributed by atoms with Gasteiger partial charge in [-0.2, -0.15) is 0 Å². The summed E-state index contributed by atoms with van der Waals surface area (Å²) >= 11 is 0. The van der Waals surface area contributed by atoms with Crippen molar-refractivity contribution in [3.05, 3.63) is 113 Å². The lowest BCUT2D eigenvalue weighted by Gasteiger charge is -2.15. The minimum Gasteiger partial charge on any atom is -0.321 e. The molecule has 1 heterocycles. The van der Waals surface area contributed by atoms with Gasteiger partial charge in [-0.25, -0.2) is 8.42 Å². The van der Waals surface area contributed by atoms with Gasteiger partial charge in [0.2, 0.25) is 15.0 Å². The molecule has 1 aromatic heterocycles. The zero-order valence-electron chi connectivity index (χ0n) is 18.6. The molecule has 0 aliphatic heterocycles. The molecule has 3 aromatic carbocycles. The molecule has 2 N–H and O–H groups in total. The van der Waals surface area contributed by atoms with E-state index in [0.717, 1.165) is 22.3 Å². The Morgan fingerprint density at radius 3 is 2.15 bits per heavy atom. The normalized spacial score (nSPS) is 12.5. The SMILES string of the molecule is Cc1cccc(CS(=O)(=O)c2nnc([C@@H](N)Cc3ccccc3)n2CCc2ccccc2)c1. The average Bonchev–Trinajstić information content (AvgIpc) is 3.24. The number of hydrogen-bond donors (Lipinski definition) is 1. The Hall–Kier alpha value is -3.29. The minimum atomic E-state index is -3.72. The van der Waals surface area contributed by atoms with Gasteiger partial charge in [-0.05, 0) is 36.5 Å². The van der Waals surface area contributed by atoms with Crippen LogP contribution < -0.4 is 5.73 Å². The monoisotopic (exact) mass is 460 g/mol. The smallest absolute Gasteiger partial charge is 0.250 e. The molecule has 0 amide bonds. The molecule has 33 heavy (non-hydrogen) atoms. The van der Waals surface area contributed by atoms with Crippen LogP contribution in [0, 0.1) is 6.92 Å². The number of sulfone groups is 1. The van der Waals surface area contributed by atoms with Gasteiger partial charge < -0.3 is 10.3 Å². The molecule has 0 fully saturated rings. The number of nitrogens with zero attached hydrogens (tertiary/aromatic N) is 3. The molecule has 0 bridgehead atoms. The van der Waals surface area contributed by atoms with Crippen LogP contribution in [0.4, 0.5) is 0 Å². The van der Waals surface area contributed by atoms with Crippen molar-refractivity contribution in [2.45, 2.75) is 43.3 Å². The fourth-order valence-corrected chi connectivity index (χ4v) is 5.38. The van der Waals surface area contributed by atoms with Gasteiger partial charge in [0.15, 0.2) is 5.82 Å². The molecule has 0 saturated heterocycles. The Labute approximate surface area is 195 Å². The van der Waals surface area contributed by atoms with E-state index in [1.807, 2.05) is 91.9 Å². The van der Waals surface area contributed by atoms with Crippen molar-refractivity contribution in [1.29, 1.82) is 0 Å². The highest BCUT2D eigenvalue weighted by Crippen LogP contribution is 2.22. The highest BCUT2D eigenvalue weighted by molar-refractivity contribution is 7.90. The quantitative estimate of drug-likeness (QED) is 0.407. The molecule has 0 aliphatic carbocycles. The molecular weight excluding hydrogens is 432 g/mol. The third kappa shape index (κ3) is 5.74. The van der Waals surface area contributed by atoms with Crippen LogP contribution in [0.1, 0.15) is 34.1 Å². The predicted octanol–water partition coefficient (Wildman–Crippen LogP) is 4.05. The Balaban J connectivity index is 1.66. The number of aryl methyl sites for hydroxylation is 2. The van der Waals surface area contributed by atoms with Gasteiger partial charge in [0, 0.05) is 6.54 Å². The van der Waals surface area contributed by atoms with E-state index in [1.54, 1.807) is 4.57 Å². The van der Waals surface area contributed by atoms with Gasteiger partial charge in [0.1, 0.15) is 0 Å². The van der Waals surface area contributed by atoms with Crippen LogP contribution in [0.15, 0.2) is 90.1 Å². The van der Waals surface area contributed by atoms with E-state index >= 15 is 0 Å². The first-order chi connectivity index (χ1) is 15.9. The number of hydrogen-bond acceptors (Lipinski definition) is 5.